The second-order valence-electron chi connectivity index (χ2n) is 6.74. The van der Waals surface area contributed by atoms with E-state index in [-0.39, 0.29) is 0 Å². The Morgan fingerprint density at radius 3 is 1.07 bits per heavy atom. The van der Waals surface area contributed by atoms with Gasteiger partial charge in [0.25, 0.3) is 0 Å². The molecule has 0 aromatic heterocycles. The second-order valence-corrected chi connectivity index (χ2v) is 10.3. The van der Waals surface area contributed by atoms with Crippen LogP contribution in [-0.2, 0) is 17.2 Å². The van der Waals surface area contributed by atoms with Gasteiger partial charge in [-0.3, -0.25) is 0 Å². The molecule has 3 rings (SSSR count). The van der Waals surface area contributed by atoms with Crippen LogP contribution < -0.4 is 15.9 Å². The predicted octanol–water partition coefficient (Wildman–Crippen LogP) is 6.10. The Hall–Kier alpha value is -1.16. The Bertz CT molecular complexity index is 770. The van der Waals surface area contributed by atoms with Gasteiger partial charge in [0.2, 0.25) is 0 Å². The van der Waals surface area contributed by atoms with Gasteiger partial charge in [-0.2, -0.15) is 0 Å². The van der Waals surface area contributed by atoms with Crippen molar-refractivity contribution in [2.75, 3.05) is 0 Å². The zero-order valence-corrected chi connectivity index (χ0v) is 20.0. The molecule has 3 heteroatoms. The molecule has 0 fully saturated rings. The fraction of sp³-hybridized carbons (Fsp3) is 0.125. The number of rotatable bonds is 4. The number of hydrogen-bond acceptors (Lipinski definition) is 0. The van der Waals surface area contributed by atoms with Crippen LogP contribution in [0.25, 0.3) is 0 Å². The molecule has 27 heavy (non-hydrogen) atoms. The summed E-state index contributed by atoms with van der Waals surface area (Å²) in [5, 5.41) is 4.92. The third kappa shape index (κ3) is 4.64. The summed E-state index contributed by atoms with van der Waals surface area (Å²) in [6, 6.07) is 26.6. The zero-order valence-electron chi connectivity index (χ0n) is 16.0. The summed E-state index contributed by atoms with van der Waals surface area (Å²) in [5.74, 6) is 0. The SMILES string of the molecule is C=C([CH2-])[P+](c1ccc(C)cc1)(c1ccc(C)cc1)c1ccc(C)cc1.[Br][Pd+]. The number of allylic oxidation sites excluding steroid dienone is 1. The summed E-state index contributed by atoms with van der Waals surface area (Å²) >= 11 is 5.35. The van der Waals surface area contributed by atoms with E-state index in [9.17, 15) is 0 Å². The van der Waals surface area contributed by atoms with Crippen molar-refractivity contribution in [1.82, 2.24) is 0 Å². The van der Waals surface area contributed by atoms with Gasteiger partial charge < -0.3 is 0 Å². The average molecular weight is 531 g/mol. The molecular weight excluding hydrogens is 506 g/mol. The van der Waals surface area contributed by atoms with Crippen LogP contribution in [0.2, 0.25) is 0 Å². The molecule has 0 radical (unpaired) electrons. The molecular formula is C24H25BrPPd+. The maximum atomic E-state index is 4.36. The summed E-state index contributed by atoms with van der Waals surface area (Å²) in [6.45, 7) is 15.1. The monoisotopic (exact) mass is 529 g/mol. The molecule has 0 aliphatic carbocycles. The van der Waals surface area contributed by atoms with Gasteiger partial charge in [0.15, 0.2) is 0 Å². The zero-order chi connectivity index (χ0) is 20.0. The van der Waals surface area contributed by atoms with E-state index < -0.39 is 7.26 Å². The Balaban J connectivity index is 0.00000126. The van der Waals surface area contributed by atoms with Crippen LogP contribution in [-0.4, -0.2) is 0 Å². The Morgan fingerprint density at radius 1 is 0.667 bits per heavy atom. The molecule has 0 spiro atoms. The first kappa shape index (κ1) is 22.1. The van der Waals surface area contributed by atoms with Crippen molar-refractivity contribution in [3.8, 4) is 0 Å². The number of aryl methyl sites for hydroxylation is 3. The van der Waals surface area contributed by atoms with Crippen LogP contribution in [0.15, 0.2) is 84.7 Å². The normalized spacial score (nSPS) is 10.7. The van der Waals surface area contributed by atoms with Gasteiger partial charge in [-0.15, -0.1) is 0 Å². The van der Waals surface area contributed by atoms with E-state index in [0.717, 1.165) is 5.31 Å². The molecule has 3 aromatic carbocycles. The van der Waals surface area contributed by atoms with Crippen molar-refractivity contribution in [1.29, 1.82) is 0 Å². The first-order chi connectivity index (χ1) is 12.9. The summed E-state index contributed by atoms with van der Waals surface area (Å²) in [4.78, 5) is 0. The number of halogens is 1. The van der Waals surface area contributed by atoms with Gasteiger partial charge >= 0.3 is 30.6 Å². The quantitative estimate of drug-likeness (QED) is 0.217. The molecule has 0 atom stereocenters. The molecule has 0 aliphatic rings. The minimum atomic E-state index is -1.99. The molecule has 0 aliphatic heterocycles. The molecule has 0 unspecified atom stereocenters. The Labute approximate surface area is 182 Å². The first-order valence-electron chi connectivity index (χ1n) is 8.69. The average Bonchev–Trinajstić information content (AvgIpc) is 2.68. The minimum absolute atomic E-state index is 0.990. The summed E-state index contributed by atoms with van der Waals surface area (Å²) in [6.07, 6.45) is 0. The number of hydrogen-bond donors (Lipinski definition) is 0. The van der Waals surface area contributed by atoms with Gasteiger partial charge in [0, 0.05) is 0 Å². The fourth-order valence-electron chi connectivity index (χ4n) is 3.30. The van der Waals surface area contributed by atoms with Gasteiger partial charge in [-0.25, -0.2) is 13.5 Å². The van der Waals surface area contributed by atoms with E-state index in [0.29, 0.717) is 0 Å². The third-order valence-corrected chi connectivity index (χ3v) is 8.91. The predicted molar refractivity (Wildman–Crippen MR) is 123 cm³/mol. The Morgan fingerprint density at radius 2 is 0.889 bits per heavy atom. The molecule has 0 saturated carbocycles. The Kier molecular flexibility index (Phi) is 8.08. The van der Waals surface area contributed by atoms with Gasteiger partial charge in [-0.05, 0) is 57.2 Å². The topological polar surface area (TPSA) is 0 Å². The molecule has 0 nitrogen and oxygen atoms in total. The molecule has 0 saturated heterocycles. The van der Waals surface area contributed by atoms with Crippen molar-refractivity contribution in [2.24, 2.45) is 0 Å². The summed E-state index contributed by atoms with van der Waals surface area (Å²) in [7, 11) is -1.99. The van der Waals surface area contributed by atoms with Crippen LogP contribution >= 0.6 is 20.7 Å². The van der Waals surface area contributed by atoms with Crippen molar-refractivity contribution in [3.05, 3.63) is 108 Å². The van der Waals surface area contributed by atoms with E-state index in [1.807, 2.05) is 0 Å². The summed E-state index contributed by atoms with van der Waals surface area (Å²) in [5.41, 5.74) is 3.80. The van der Waals surface area contributed by atoms with Crippen molar-refractivity contribution in [2.45, 2.75) is 20.8 Å². The van der Waals surface area contributed by atoms with E-state index in [1.165, 1.54) is 32.6 Å². The van der Waals surface area contributed by atoms with E-state index in [2.05, 4.69) is 138 Å². The molecule has 0 N–H and O–H groups in total. The molecule has 0 heterocycles. The first-order valence-corrected chi connectivity index (χ1v) is 14.0. The van der Waals surface area contributed by atoms with Crippen LogP contribution in [0.3, 0.4) is 0 Å². The summed E-state index contributed by atoms with van der Waals surface area (Å²) < 4.78 is 0. The van der Waals surface area contributed by atoms with E-state index in [1.54, 1.807) is 0 Å². The van der Waals surface area contributed by atoms with E-state index >= 15 is 0 Å². The van der Waals surface area contributed by atoms with Crippen molar-refractivity contribution in [3.63, 3.8) is 0 Å². The van der Waals surface area contributed by atoms with Gasteiger partial charge in [-0.1, -0.05) is 58.4 Å². The molecule has 0 bridgehead atoms. The van der Waals surface area contributed by atoms with Crippen LogP contribution in [0, 0.1) is 27.7 Å². The molecule has 3 aromatic rings. The molecule has 0 amide bonds. The fourth-order valence-corrected chi connectivity index (χ4v) is 7.08. The van der Waals surface area contributed by atoms with Gasteiger partial charge in [0.1, 0.15) is 23.2 Å². The molecule has 142 valence electrons. The number of benzene rings is 3. The third-order valence-electron chi connectivity index (χ3n) is 4.74. The van der Waals surface area contributed by atoms with Crippen LogP contribution in [0.1, 0.15) is 16.7 Å². The second kappa shape index (κ2) is 9.86. The van der Waals surface area contributed by atoms with E-state index in [4.69, 9.17) is 0 Å². The van der Waals surface area contributed by atoms with Crippen molar-refractivity contribution >= 4 is 36.6 Å². The van der Waals surface area contributed by atoms with Crippen LogP contribution in [0.4, 0.5) is 0 Å². The maximum absolute atomic E-state index is 4.36. The van der Waals surface area contributed by atoms with Gasteiger partial charge in [0.05, 0.1) is 0 Å². The van der Waals surface area contributed by atoms with Crippen LogP contribution in [0.5, 0.6) is 0 Å². The standard InChI is InChI=1S/C24H25P.BrH.Pd/c1-18(2)25(22-12-6-19(3)7-13-22,23-14-8-20(4)9-15-23)24-16-10-21(5)11-17-24;;/h6-17H,1-2H2,3-5H3;1H;/q;;+2/p-1. The van der Waals surface area contributed by atoms with Crippen molar-refractivity contribution < 1.29 is 17.2 Å².